The van der Waals surface area contributed by atoms with Gasteiger partial charge in [-0.3, -0.25) is 0 Å². The molecule has 1 nitrogen and oxygen atoms in total. The lowest BCUT2D eigenvalue weighted by atomic mass is 9.98. The van der Waals surface area contributed by atoms with Crippen LogP contribution >= 0.6 is 0 Å². The zero-order valence-electron chi connectivity index (χ0n) is 24.6. The molecular weight excluding hydrogens is 302 g/mol. The lowest BCUT2D eigenvalue weighted by Crippen LogP contribution is -1.95. The molecule has 0 radical (unpaired) electrons. The Morgan fingerprint density at radius 2 is 1.64 bits per heavy atom. The first-order chi connectivity index (χ1) is 16.5. The molecule has 0 bridgehead atoms. The number of fused-ring (bicyclic) bond motifs is 2. The van der Waals surface area contributed by atoms with E-state index < -0.39 is 32.5 Å². The van der Waals surface area contributed by atoms with Crippen molar-refractivity contribution < 1.29 is 15.1 Å². The normalized spacial score (nSPS) is 20.7. The molecule has 0 aliphatic rings. The van der Waals surface area contributed by atoms with E-state index in [0.717, 1.165) is 20.9 Å². The second kappa shape index (κ2) is 7.14. The lowest BCUT2D eigenvalue weighted by molar-refractivity contribution is 0.615. The summed E-state index contributed by atoms with van der Waals surface area (Å²) in [5, 5.41) is 2.67. The summed E-state index contributed by atoms with van der Waals surface area (Å²) in [4.78, 5) is 0. The second-order valence-corrected chi connectivity index (χ2v) is 5.84. The number of nitrogens with zero attached hydrogens (tertiary/aromatic N) is 1. The second-order valence-electron chi connectivity index (χ2n) is 5.84. The number of aromatic nitrogens is 1. The fraction of sp³-hybridized carbons (Fsp3) is 0.250. The van der Waals surface area contributed by atoms with Crippen LogP contribution in [0.4, 0.5) is 0 Å². The van der Waals surface area contributed by atoms with Crippen LogP contribution in [-0.4, -0.2) is 4.57 Å². The van der Waals surface area contributed by atoms with Gasteiger partial charge in [-0.1, -0.05) is 80.3 Å². The molecule has 0 amide bonds. The molecule has 4 aromatic rings. The third-order valence-electron chi connectivity index (χ3n) is 4.36. The maximum absolute atomic E-state index is 8.68. The van der Waals surface area contributed by atoms with E-state index in [2.05, 4.69) is 0 Å². The molecule has 4 rings (SSSR count). The highest BCUT2D eigenvalue weighted by molar-refractivity contribution is 5.88. The number of para-hydroxylation sites is 1. The molecule has 25 heavy (non-hydrogen) atoms. The summed E-state index contributed by atoms with van der Waals surface area (Å²) in [5.74, 6) is 0. The third-order valence-corrected chi connectivity index (χ3v) is 4.36. The minimum atomic E-state index is -3.71. The molecular formula is C24H25N. The van der Waals surface area contributed by atoms with Gasteiger partial charge in [0.1, 0.15) is 0 Å². The summed E-state index contributed by atoms with van der Waals surface area (Å²) in [6, 6.07) is 20.4. The van der Waals surface area contributed by atoms with Gasteiger partial charge in [0, 0.05) is 45.1 Å². The van der Waals surface area contributed by atoms with Crippen LogP contribution in [0.1, 0.15) is 52.2 Å². The Balaban J connectivity index is 1.87. The molecule has 0 aliphatic heterocycles. The Labute approximate surface area is 165 Å². The molecule has 0 unspecified atom stereocenters. The van der Waals surface area contributed by atoms with Crippen molar-refractivity contribution in [3.8, 4) is 0 Å². The Kier molecular flexibility index (Phi) is 2.22. The maximum atomic E-state index is 8.68. The Morgan fingerprint density at radius 1 is 0.840 bits per heavy atom. The van der Waals surface area contributed by atoms with E-state index in [9.17, 15) is 0 Å². The number of benzene rings is 3. The van der Waals surface area contributed by atoms with Gasteiger partial charge in [-0.15, -0.1) is 0 Å². The van der Waals surface area contributed by atoms with E-state index in [0.29, 0.717) is 17.4 Å². The van der Waals surface area contributed by atoms with E-state index >= 15 is 0 Å². The SMILES string of the molecule is [2H]C([2H])([2H])C([2H])([2H])C([2H])([2H])C([2H])([2H])C([2H])([2H])n1cc(Cc2cccc3ccccc23)c2ccccc21. The van der Waals surface area contributed by atoms with Crippen molar-refractivity contribution in [2.24, 2.45) is 0 Å². The predicted molar refractivity (Wildman–Crippen MR) is 108 cm³/mol. The molecule has 0 spiro atoms. The minimum absolute atomic E-state index is 0.284. The van der Waals surface area contributed by atoms with Gasteiger partial charge in [0.25, 0.3) is 0 Å². The van der Waals surface area contributed by atoms with Crippen LogP contribution in [0.3, 0.4) is 0 Å². The molecule has 3 aromatic carbocycles. The van der Waals surface area contributed by atoms with E-state index in [1.54, 1.807) is 24.3 Å². The topological polar surface area (TPSA) is 4.93 Å². The van der Waals surface area contributed by atoms with Crippen LogP contribution in [0.5, 0.6) is 0 Å². The van der Waals surface area contributed by atoms with Crippen molar-refractivity contribution in [3.63, 3.8) is 0 Å². The first kappa shape index (κ1) is 7.78. The fourth-order valence-corrected chi connectivity index (χ4v) is 3.25. The van der Waals surface area contributed by atoms with Gasteiger partial charge in [-0.25, -0.2) is 0 Å². The summed E-state index contributed by atoms with van der Waals surface area (Å²) >= 11 is 0. The third kappa shape index (κ3) is 3.19. The molecule has 0 saturated carbocycles. The van der Waals surface area contributed by atoms with E-state index in [1.165, 1.54) is 6.20 Å². The molecule has 126 valence electrons. The Bertz CT molecular complexity index is 1410. The van der Waals surface area contributed by atoms with Crippen molar-refractivity contribution >= 4 is 21.7 Å². The molecule has 1 aromatic heterocycles. The standard InChI is InChI=1S/C24H25N/c1-2-3-8-16-25-18-21(23-14-6-7-15-24(23)25)17-20-12-9-11-19-10-4-5-13-22(19)20/h4-7,9-15,18H,2-3,8,16-17H2,1H3/i1D3,2D2,3D2,8D2,16D2. The average Bonchev–Trinajstić information content (AvgIpc) is 3.17. The first-order valence-electron chi connectivity index (χ1n) is 13.6. The Morgan fingerprint density at radius 3 is 2.56 bits per heavy atom. The minimum Gasteiger partial charge on any atom is -0.347 e. The van der Waals surface area contributed by atoms with Gasteiger partial charge in [0.2, 0.25) is 0 Å². The zero-order chi connectivity index (χ0) is 26.7. The molecule has 0 N–H and O–H groups in total. The van der Waals surface area contributed by atoms with Crippen molar-refractivity contribution in [1.82, 2.24) is 4.57 Å². The van der Waals surface area contributed by atoms with E-state index in [4.69, 9.17) is 15.1 Å². The molecule has 1 heteroatoms. The lowest BCUT2D eigenvalue weighted by Gasteiger charge is -2.06. The van der Waals surface area contributed by atoms with Crippen molar-refractivity contribution in [2.75, 3.05) is 0 Å². The van der Waals surface area contributed by atoms with Gasteiger partial charge in [0.15, 0.2) is 0 Å². The monoisotopic (exact) mass is 338 g/mol. The van der Waals surface area contributed by atoms with Crippen LogP contribution in [0.2, 0.25) is 0 Å². The van der Waals surface area contributed by atoms with Crippen molar-refractivity contribution in [3.05, 3.63) is 84.1 Å². The molecule has 0 fully saturated rings. The summed E-state index contributed by atoms with van der Waals surface area (Å²) < 4.78 is 89.6. The van der Waals surface area contributed by atoms with E-state index in [-0.39, 0.29) is 5.52 Å². The van der Waals surface area contributed by atoms with E-state index in [1.807, 2.05) is 42.5 Å². The quantitative estimate of drug-likeness (QED) is 0.374. The van der Waals surface area contributed by atoms with Crippen LogP contribution in [-0.2, 0) is 12.9 Å². The van der Waals surface area contributed by atoms with Gasteiger partial charge in [-0.2, -0.15) is 0 Å². The first-order valence-corrected chi connectivity index (χ1v) is 8.10. The molecule has 0 saturated heterocycles. The highest BCUT2D eigenvalue weighted by atomic mass is 15.0. The van der Waals surface area contributed by atoms with Gasteiger partial charge >= 0.3 is 0 Å². The van der Waals surface area contributed by atoms with Crippen molar-refractivity contribution in [2.45, 2.75) is 38.9 Å². The fourth-order valence-electron chi connectivity index (χ4n) is 3.25. The number of aryl methyl sites for hydroxylation is 1. The van der Waals surface area contributed by atoms with Gasteiger partial charge < -0.3 is 4.57 Å². The average molecular weight is 339 g/mol. The zero-order valence-corrected chi connectivity index (χ0v) is 13.6. The smallest absolute Gasteiger partial charge is 0.0497 e. The maximum Gasteiger partial charge on any atom is 0.0497 e. The highest BCUT2D eigenvalue weighted by Gasteiger charge is 2.10. The van der Waals surface area contributed by atoms with Gasteiger partial charge in [0.05, 0.1) is 0 Å². The summed E-state index contributed by atoms with van der Waals surface area (Å²) in [6.45, 7) is -6.66. The molecule has 0 atom stereocenters. The largest absolute Gasteiger partial charge is 0.347 e. The van der Waals surface area contributed by atoms with Crippen LogP contribution < -0.4 is 0 Å². The summed E-state index contributed by atoms with van der Waals surface area (Å²) in [5.41, 5.74) is 1.92. The van der Waals surface area contributed by atoms with Crippen LogP contribution in [0.25, 0.3) is 21.7 Å². The van der Waals surface area contributed by atoms with Crippen molar-refractivity contribution in [1.29, 1.82) is 0 Å². The molecule has 1 heterocycles. The Hall–Kier alpha value is -2.54. The number of hydrogen-bond donors (Lipinski definition) is 0. The number of hydrogen-bond acceptors (Lipinski definition) is 0. The van der Waals surface area contributed by atoms with Crippen LogP contribution in [0, 0.1) is 0 Å². The summed E-state index contributed by atoms with van der Waals surface area (Å²) in [7, 11) is 0. The van der Waals surface area contributed by atoms with Gasteiger partial charge in [-0.05, 0) is 34.3 Å². The van der Waals surface area contributed by atoms with Crippen LogP contribution in [0.15, 0.2) is 72.9 Å². The highest BCUT2D eigenvalue weighted by Crippen LogP contribution is 2.27. The number of rotatable bonds is 6. The molecule has 0 aliphatic carbocycles. The predicted octanol–water partition coefficient (Wildman–Crippen LogP) is 6.58. The summed E-state index contributed by atoms with van der Waals surface area (Å²) in [6.07, 6.45) is -9.15.